The highest BCUT2D eigenvalue weighted by Gasteiger charge is 2.68. The van der Waals surface area contributed by atoms with Crippen molar-refractivity contribution >= 4 is 29.3 Å². The number of non-ortho nitro benzene ring substituents is 1. The van der Waals surface area contributed by atoms with Gasteiger partial charge in [-0.2, -0.15) is 0 Å². The van der Waals surface area contributed by atoms with Gasteiger partial charge in [0.15, 0.2) is 12.4 Å². The van der Waals surface area contributed by atoms with E-state index in [9.17, 15) is 29.3 Å². The zero-order chi connectivity index (χ0) is 30.5. The predicted molar refractivity (Wildman–Crippen MR) is 155 cm³/mol. The number of ketones is 1. The number of nitro groups is 1. The molecule has 2 saturated carbocycles. The molecule has 4 aliphatic carbocycles. The number of likely N-dealkylation sites (tertiary alicyclic amines) is 1. The van der Waals surface area contributed by atoms with Crippen LogP contribution < -0.4 is 4.74 Å². The maximum atomic E-state index is 13.8. The Bertz CT molecular complexity index is 1650. The van der Waals surface area contributed by atoms with Crippen molar-refractivity contribution in [1.82, 2.24) is 4.90 Å². The Morgan fingerprint density at radius 2 is 1.41 bits per heavy atom. The molecule has 0 radical (unpaired) electrons. The molecule has 1 heterocycles. The molecule has 1 saturated heterocycles. The minimum atomic E-state index is -1.18. The molecule has 3 fully saturated rings. The predicted octanol–water partition coefficient (Wildman–Crippen LogP) is 4.78. The van der Waals surface area contributed by atoms with Crippen LogP contribution in [0.1, 0.15) is 22.3 Å². The van der Waals surface area contributed by atoms with E-state index in [0.717, 1.165) is 16.9 Å². The molecule has 0 N–H and O–H groups in total. The fourth-order valence-electron chi connectivity index (χ4n) is 7.20. The second-order valence-corrected chi connectivity index (χ2v) is 11.8. The molecular formula is C34H28N2O8. The summed E-state index contributed by atoms with van der Waals surface area (Å²) in [5.74, 6) is -1.07. The maximum absolute atomic E-state index is 13.8. The van der Waals surface area contributed by atoms with Gasteiger partial charge < -0.3 is 9.47 Å². The Hall–Kier alpha value is -5.12. The Morgan fingerprint density at radius 3 is 1.98 bits per heavy atom. The molecule has 0 aromatic heterocycles. The summed E-state index contributed by atoms with van der Waals surface area (Å²) in [6.45, 7) is -0.563. The first-order valence-electron chi connectivity index (χ1n) is 14.6. The van der Waals surface area contributed by atoms with Crippen molar-refractivity contribution in [2.45, 2.75) is 18.9 Å². The third-order valence-electron chi connectivity index (χ3n) is 9.36. The molecule has 44 heavy (non-hydrogen) atoms. The van der Waals surface area contributed by atoms with Crippen LogP contribution in [0.15, 0.2) is 91.0 Å². The van der Waals surface area contributed by atoms with E-state index < -0.39 is 41.2 Å². The molecule has 2 amide bonds. The molecule has 2 bridgehead atoms. The van der Waals surface area contributed by atoms with Gasteiger partial charge in [0.1, 0.15) is 17.5 Å². The minimum Gasteiger partial charge on any atom is -0.457 e. The number of allylic oxidation sites excluding steroid dienone is 2. The average Bonchev–Trinajstić information content (AvgIpc) is 3.82. The van der Waals surface area contributed by atoms with Gasteiger partial charge in [-0.15, -0.1) is 0 Å². The first-order chi connectivity index (χ1) is 21.3. The number of benzene rings is 3. The Labute approximate surface area is 252 Å². The van der Waals surface area contributed by atoms with Crippen LogP contribution in [-0.2, 0) is 25.5 Å². The maximum Gasteiger partial charge on any atom is 0.330 e. The fraction of sp³-hybridized carbons (Fsp3) is 0.294. The van der Waals surface area contributed by atoms with Crippen LogP contribution in [0, 0.1) is 45.6 Å². The lowest BCUT2D eigenvalue weighted by atomic mass is 9.63. The summed E-state index contributed by atoms with van der Waals surface area (Å²) in [6.07, 6.45) is 5.30. The molecule has 10 heteroatoms. The first kappa shape index (κ1) is 27.7. The van der Waals surface area contributed by atoms with Crippen molar-refractivity contribution in [3.63, 3.8) is 0 Å². The van der Waals surface area contributed by atoms with Gasteiger partial charge in [0.2, 0.25) is 11.8 Å². The van der Waals surface area contributed by atoms with Crippen LogP contribution in [0.4, 0.5) is 5.69 Å². The molecule has 7 atom stereocenters. The van der Waals surface area contributed by atoms with Crippen molar-refractivity contribution in [1.29, 1.82) is 0 Å². The number of hydrogen-bond donors (Lipinski definition) is 0. The number of carbonyl (C=O) groups excluding carboxylic acids is 4. The molecule has 0 unspecified atom stereocenters. The third kappa shape index (κ3) is 4.86. The van der Waals surface area contributed by atoms with Gasteiger partial charge in [0.25, 0.3) is 5.69 Å². The van der Waals surface area contributed by atoms with Crippen molar-refractivity contribution in [2.24, 2.45) is 35.5 Å². The van der Waals surface area contributed by atoms with Gasteiger partial charge in [0.05, 0.1) is 16.8 Å². The highest BCUT2D eigenvalue weighted by Crippen LogP contribution is 2.65. The smallest absolute Gasteiger partial charge is 0.330 e. The minimum absolute atomic E-state index is 0.0267. The lowest BCUT2D eigenvalue weighted by molar-refractivity contribution is -0.384. The number of hydrogen-bond acceptors (Lipinski definition) is 8. The standard InChI is InChI=1S/C34H28N2O8/c37-29(20-6-10-22(11-7-20)44-23-12-8-21(9-13-23)36(41)42)18-43-34(40)28(16-19-4-2-1-3-5-19)35-32(38)30-24-14-15-25(27-17-26(24)27)31(30)33(35)39/h1-15,24-28,30-31H,16-18H2/t24-,25-,26-,27+,28-,30+,31+/m0/s1. The van der Waals surface area contributed by atoms with Crippen LogP contribution in [0.2, 0.25) is 0 Å². The second kappa shape index (κ2) is 10.9. The summed E-state index contributed by atoms with van der Waals surface area (Å²) in [7, 11) is 0. The first-order valence-corrected chi connectivity index (χ1v) is 14.6. The summed E-state index contributed by atoms with van der Waals surface area (Å²) >= 11 is 0. The summed E-state index contributed by atoms with van der Waals surface area (Å²) in [6, 6.07) is 19.7. The van der Waals surface area contributed by atoms with Crippen molar-refractivity contribution in [3.8, 4) is 11.5 Å². The van der Waals surface area contributed by atoms with Gasteiger partial charge in [-0.25, -0.2) is 4.79 Å². The van der Waals surface area contributed by atoms with E-state index in [4.69, 9.17) is 9.47 Å². The van der Waals surface area contributed by atoms with Gasteiger partial charge in [-0.1, -0.05) is 42.5 Å². The van der Waals surface area contributed by atoms with Crippen molar-refractivity contribution in [2.75, 3.05) is 6.61 Å². The Kier molecular flexibility index (Phi) is 6.84. The van der Waals surface area contributed by atoms with Crippen LogP contribution in [-0.4, -0.2) is 46.0 Å². The van der Waals surface area contributed by atoms with Gasteiger partial charge in [-0.05, 0) is 72.1 Å². The largest absolute Gasteiger partial charge is 0.457 e. The highest BCUT2D eigenvalue weighted by atomic mass is 16.6. The molecule has 3 aromatic rings. The molecule has 1 aliphatic heterocycles. The van der Waals surface area contributed by atoms with Crippen LogP contribution in [0.25, 0.3) is 0 Å². The molecule has 222 valence electrons. The lowest BCUT2D eigenvalue weighted by Gasteiger charge is -2.37. The van der Waals surface area contributed by atoms with E-state index in [0.29, 0.717) is 23.3 Å². The number of imide groups is 1. The van der Waals surface area contributed by atoms with E-state index in [1.807, 2.05) is 30.3 Å². The highest BCUT2D eigenvalue weighted by molar-refractivity contribution is 6.09. The number of carbonyl (C=O) groups is 4. The number of rotatable bonds is 10. The van der Waals surface area contributed by atoms with Crippen molar-refractivity contribution in [3.05, 3.63) is 112 Å². The van der Waals surface area contributed by atoms with E-state index in [1.54, 1.807) is 12.1 Å². The van der Waals surface area contributed by atoms with Crippen molar-refractivity contribution < 1.29 is 33.6 Å². The number of ether oxygens (including phenoxy) is 2. The molecule has 10 nitrogen and oxygen atoms in total. The van der Waals surface area contributed by atoms with E-state index in [1.165, 1.54) is 36.4 Å². The quantitative estimate of drug-likeness (QED) is 0.0821. The SMILES string of the molecule is O=C(COC(=O)[C@H](Cc1ccccc1)N1C(=O)[C@@H]2[C@H]3C=C[C@@H]([C@@H]4C[C@H]34)[C@H]2C1=O)c1ccc(Oc2ccc([N+](=O)[O-])cc2)cc1. The van der Waals surface area contributed by atoms with Crippen LogP contribution in [0.3, 0.4) is 0 Å². The Morgan fingerprint density at radius 1 is 0.841 bits per heavy atom. The van der Waals surface area contributed by atoms with Gasteiger partial charge >= 0.3 is 5.97 Å². The third-order valence-corrected chi connectivity index (χ3v) is 9.36. The molecule has 0 spiro atoms. The van der Waals surface area contributed by atoms with E-state index >= 15 is 0 Å². The molecule has 3 aromatic carbocycles. The molecule has 8 rings (SSSR count). The van der Waals surface area contributed by atoms with Gasteiger partial charge in [-0.3, -0.25) is 29.4 Å². The fourth-order valence-corrected chi connectivity index (χ4v) is 7.20. The summed E-state index contributed by atoms with van der Waals surface area (Å²) in [5, 5.41) is 10.8. The number of amides is 2. The van der Waals surface area contributed by atoms with Gasteiger partial charge in [0, 0.05) is 24.1 Å². The van der Waals surface area contributed by atoms with Crippen LogP contribution in [0.5, 0.6) is 11.5 Å². The monoisotopic (exact) mass is 592 g/mol. The average molecular weight is 593 g/mol. The lowest BCUT2D eigenvalue weighted by Crippen LogP contribution is -2.48. The summed E-state index contributed by atoms with van der Waals surface area (Å²) in [4.78, 5) is 65.5. The topological polar surface area (TPSA) is 133 Å². The number of nitro benzene ring substituents is 1. The number of esters is 1. The molecular weight excluding hydrogens is 564 g/mol. The Balaban J connectivity index is 1.04. The van der Waals surface area contributed by atoms with E-state index in [2.05, 4.69) is 12.2 Å². The summed E-state index contributed by atoms with van der Waals surface area (Å²) < 4.78 is 11.2. The van der Waals surface area contributed by atoms with E-state index in [-0.39, 0.29) is 41.3 Å². The normalized spacial score (nSPS) is 26.5. The number of Topliss-reactive ketones (excluding diaryl/α,β-unsaturated/α-hetero) is 1. The summed E-state index contributed by atoms with van der Waals surface area (Å²) in [5.41, 5.74) is 0.981. The second-order valence-electron chi connectivity index (χ2n) is 11.8. The van der Waals surface area contributed by atoms with Crippen LogP contribution >= 0.6 is 0 Å². The zero-order valence-corrected chi connectivity index (χ0v) is 23.5. The zero-order valence-electron chi connectivity index (χ0n) is 23.5. The molecule has 5 aliphatic rings. The number of nitrogens with zero attached hydrogens (tertiary/aromatic N) is 2.